The van der Waals surface area contributed by atoms with Gasteiger partial charge >= 0.3 is 0 Å². The third-order valence-electron chi connectivity index (χ3n) is 6.25. The van der Waals surface area contributed by atoms with Crippen molar-refractivity contribution in [2.75, 3.05) is 33.0 Å². The van der Waals surface area contributed by atoms with E-state index >= 15 is 0 Å². The van der Waals surface area contributed by atoms with Gasteiger partial charge in [0.25, 0.3) is 0 Å². The van der Waals surface area contributed by atoms with Crippen LogP contribution in [0.15, 0.2) is 42.5 Å². The van der Waals surface area contributed by atoms with Crippen molar-refractivity contribution in [1.82, 2.24) is 9.80 Å². The molecule has 1 atom stereocenters. The lowest BCUT2D eigenvalue weighted by atomic mass is 9.97. The summed E-state index contributed by atoms with van der Waals surface area (Å²) in [5.74, 6) is 2.37. The summed E-state index contributed by atoms with van der Waals surface area (Å²) in [7, 11) is 0. The molecule has 28 heavy (non-hydrogen) atoms. The van der Waals surface area contributed by atoms with Crippen LogP contribution in [0, 0.1) is 0 Å². The number of fused-ring (bicyclic) bond motifs is 2. The molecule has 2 aromatic carbocycles. The molecular weight excluding hydrogens is 352 g/mol. The van der Waals surface area contributed by atoms with E-state index in [0.717, 1.165) is 57.1 Å². The van der Waals surface area contributed by atoms with Crippen molar-refractivity contribution in [2.45, 2.75) is 31.7 Å². The van der Waals surface area contributed by atoms with Crippen LogP contribution in [0.3, 0.4) is 0 Å². The van der Waals surface area contributed by atoms with Gasteiger partial charge in [-0.1, -0.05) is 30.3 Å². The Morgan fingerprint density at radius 1 is 1.00 bits per heavy atom. The lowest BCUT2D eigenvalue weighted by Crippen LogP contribution is -2.48. The number of rotatable bonds is 4. The summed E-state index contributed by atoms with van der Waals surface area (Å²) in [6, 6.07) is 14.7. The maximum absolute atomic E-state index is 12.8. The fourth-order valence-electron chi connectivity index (χ4n) is 4.65. The number of aryl methyl sites for hydroxylation is 1. The Labute approximate surface area is 165 Å². The van der Waals surface area contributed by atoms with Crippen LogP contribution in [0.5, 0.6) is 11.5 Å². The largest absolute Gasteiger partial charge is 0.454 e. The highest BCUT2D eigenvalue weighted by Gasteiger charge is 2.28. The van der Waals surface area contributed by atoms with Crippen molar-refractivity contribution in [1.29, 1.82) is 0 Å². The Hall–Kier alpha value is -2.53. The van der Waals surface area contributed by atoms with Crippen LogP contribution in [0.2, 0.25) is 0 Å². The Morgan fingerprint density at radius 2 is 1.82 bits per heavy atom. The maximum Gasteiger partial charge on any atom is 0.231 e. The van der Waals surface area contributed by atoms with Crippen LogP contribution in [0.25, 0.3) is 0 Å². The normalized spacial score (nSPS) is 21.0. The van der Waals surface area contributed by atoms with Gasteiger partial charge in [-0.3, -0.25) is 9.69 Å². The summed E-state index contributed by atoms with van der Waals surface area (Å²) < 4.78 is 10.9. The van der Waals surface area contributed by atoms with Crippen LogP contribution in [-0.2, 0) is 17.8 Å². The summed E-state index contributed by atoms with van der Waals surface area (Å²) in [6.45, 7) is 4.66. The first kappa shape index (κ1) is 17.6. The third-order valence-corrected chi connectivity index (χ3v) is 6.25. The van der Waals surface area contributed by atoms with Gasteiger partial charge in [0, 0.05) is 39.1 Å². The lowest BCUT2D eigenvalue weighted by Gasteiger charge is -2.35. The average Bonchev–Trinajstić information content (AvgIpc) is 3.35. The molecule has 1 aliphatic carbocycles. The quantitative estimate of drug-likeness (QED) is 0.820. The molecule has 0 unspecified atom stereocenters. The molecule has 2 aromatic rings. The molecule has 146 valence electrons. The van der Waals surface area contributed by atoms with Crippen LogP contribution < -0.4 is 9.47 Å². The molecule has 5 rings (SSSR count). The minimum atomic E-state index is 0.310. The van der Waals surface area contributed by atoms with Crippen LogP contribution in [0.1, 0.15) is 35.4 Å². The zero-order valence-electron chi connectivity index (χ0n) is 16.1. The monoisotopic (exact) mass is 378 g/mol. The van der Waals surface area contributed by atoms with E-state index in [-0.39, 0.29) is 0 Å². The molecule has 1 fully saturated rings. The van der Waals surface area contributed by atoms with E-state index in [2.05, 4.69) is 46.2 Å². The second-order valence-electron chi connectivity index (χ2n) is 7.98. The SMILES string of the molecule is O=C(C[C@@H]1CCc2ccccc21)N1CCN(Cc2ccc3c(c2)OCO3)CC1. The van der Waals surface area contributed by atoms with E-state index < -0.39 is 0 Å². The lowest BCUT2D eigenvalue weighted by molar-refractivity contribution is -0.133. The number of hydrogen-bond acceptors (Lipinski definition) is 4. The smallest absolute Gasteiger partial charge is 0.231 e. The van der Waals surface area contributed by atoms with Gasteiger partial charge in [-0.25, -0.2) is 0 Å². The van der Waals surface area contributed by atoms with E-state index in [4.69, 9.17) is 9.47 Å². The van der Waals surface area contributed by atoms with Crippen molar-refractivity contribution in [3.05, 3.63) is 59.2 Å². The van der Waals surface area contributed by atoms with Gasteiger partial charge in [0.1, 0.15) is 0 Å². The molecule has 0 aromatic heterocycles. The molecule has 5 heteroatoms. The van der Waals surface area contributed by atoms with Gasteiger partial charge in [0.2, 0.25) is 12.7 Å². The van der Waals surface area contributed by atoms with Crippen LogP contribution >= 0.6 is 0 Å². The number of nitrogens with zero attached hydrogens (tertiary/aromatic N) is 2. The topological polar surface area (TPSA) is 42.0 Å². The average molecular weight is 378 g/mol. The second-order valence-corrected chi connectivity index (χ2v) is 7.98. The number of amides is 1. The van der Waals surface area contributed by atoms with Gasteiger partial charge in [-0.05, 0) is 47.6 Å². The minimum Gasteiger partial charge on any atom is -0.454 e. The fourth-order valence-corrected chi connectivity index (χ4v) is 4.65. The van der Waals surface area contributed by atoms with Crippen molar-refractivity contribution in [3.8, 4) is 11.5 Å². The van der Waals surface area contributed by atoms with E-state index in [1.54, 1.807) is 0 Å². The Kier molecular flexibility index (Phi) is 4.69. The molecule has 1 amide bonds. The second kappa shape index (κ2) is 7.47. The molecule has 0 saturated carbocycles. The summed E-state index contributed by atoms with van der Waals surface area (Å²) in [6.07, 6.45) is 2.87. The minimum absolute atomic E-state index is 0.310. The molecule has 0 bridgehead atoms. The molecular formula is C23H26N2O3. The number of benzene rings is 2. The molecule has 0 radical (unpaired) electrons. The number of piperazine rings is 1. The van der Waals surface area contributed by atoms with Gasteiger partial charge < -0.3 is 14.4 Å². The Bertz CT molecular complexity index is 874. The van der Waals surface area contributed by atoms with Crippen LogP contribution in [0.4, 0.5) is 0 Å². The number of ether oxygens (including phenoxy) is 2. The van der Waals surface area contributed by atoms with Gasteiger partial charge in [-0.15, -0.1) is 0 Å². The molecule has 1 saturated heterocycles. The van der Waals surface area contributed by atoms with Crippen molar-refractivity contribution >= 4 is 5.91 Å². The first-order chi connectivity index (χ1) is 13.8. The standard InChI is InChI=1S/C23H26N2O3/c26-23(14-19-7-6-18-3-1-2-4-20(18)19)25-11-9-24(10-12-25)15-17-5-8-21-22(13-17)28-16-27-21/h1-5,8,13,19H,6-7,9-12,14-16H2/t19-/m0/s1. The molecule has 5 nitrogen and oxygen atoms in total. The first-order valence-electron chi connectivity index (χ1n) is 10.2. The molecule has 3 aliphatic rings. The summed E-state index contributed by atoms with van der Waals surface area (Å²) in [5, 5.41) is 0. The Balaban J connectivity index is 1.14. The first-order valence-corrected chi connectivity index (χ1v) is 10.2. The summed E-state index contributed by atoms with van der Waals surface area (Å²) in [5.41, 5.74) is 4.04. The van der Waals surface area contributed by atoms with E-state index in [1.807, 2.05) is 6.07 Å². The number of hydrogen-bond donors (Lipinski definition) is 0. The number of carbonyl (C=O) groups is 1. The van der Waals surface area contributed by atoms with E-state index in [0.29, 0.717) is 25.0 Å². The van der Waals surface area contributed by atoms with Gasteiger partial charge in [-0.2, -0.15) is 0 Å². The number of carbonyl (C=O) groups excluding carboxylic acids is 1. The summed E-state index contributed by atoms with van der Waals surface area (Å²) >= 11 is 0. The highest BCUT2D eigenvalue weighted by molar-refractivity contribution is 5.77. The molecule has 2 aliphatic heterocycles. The zero-order chi connectivity index (χ0) is 18.9. The van der Waals surface area contributed by atoms with Gasteiger partial charge in [0.15, 0.2) is 11.5 Å². The predicted octanol–water partition coefficient (Wildman–Crippen LogP) is 3.18. The molecule has 0 spiro atoms. The van der Waals surface area contributed by atoms with Gasteiger partial charge in [0.05, 0.1) is 0 Å². The molecule has 2 heterocycles. The van der Waals surface area contributed by atoms with Crippen LogP contribution in [-0.4, -0.2) is 48.7 Å². The van der Waals surface area contributed by atoms with Crippen molar-refractivity contribution in [3.63, 3.8) is 0 Å². The van der Waals surface area contributed by atoms with Crippen molar-refractivity contribution in [2.24, 2.45) is 0 Å². The van der Waals surface area contributed by atoms with E-state index in [9.17, 15) is 4.79 Å². The summed E-state index contributed by atoms with van der Waals surface area (Å²) in [4.78, 5) is 17.3. The zero-order valence-corrected chi connectivity index (χ0v) is 16.1. The predicted molar refractivity (Wildman–Crippen MR) is 107 cm³/mol. The maximum atomic E-state index is 12.8. The highest BCUT2D eigenvalue weighted by atomic mass is 16.7. The highest BCUT2D eigenvalue weighted by Crippen LogP contribution is 2.36. The third kappa shape index (κ3) is 3.47. The molecule has 0 N–H and O–H groups in total. The fraction of sp³-hybridized carbons (Fsp3) is 0.435. The van der Waals surface area contributed by atoms with E-state index in [1.165, 1.54) is 16.7 Å². The van der Waals surface area contributed by atoms with Crippen molar-refractivity contribution < 1.29 is 14.3 Å². The Morgan fingerprint density at radius 3 is 2.71 bits per heavy atom.